The lowest BCUT2D eigenvalue weighted by Gasteiger charge is -2.22. The molecule has 1 aliphatic rings. The summed E-state index contributed by atoms with van der Waals surface area (Å²) in [5, 5.41) is 8.40. The number of carbonyl (C=O) groups is 1. The number of alkyl halides is 3. The van der Waals surface area contributed by atoms with Crippen molar-refractivity contribution in [1.82, 2.24) is 10.6 Å². The van der Waals surface area contributed by atoms with Crippen LogP contribution in [0.25, 0.3) is 0 Å². The van der Waals surface area contributed by atoms with E-state index in [0.29, 0.717) is 12.5 Å². The van der Waals surface area contributed by atoms with Gasteiger partial charge in [-0.05, 0) is 56.5 Å². The third-order valence-corrected chi connectivity index (χ3v) is 3.68. The van der Waals surface area contributed by atoms with Crippen LogP contribution in [0.4, 0.5) is 23.7 Å². The van der Waals surface area contributed by atoms with Crippen LogP contribution in [0.3, 0.4) is 0 Å². The zero-order valence-corrected chi connectivity index (χ0v) is 12.2. The highest BCUT2D eigenvalue weighted by atomic mass is 19.4. The number of piperidine rings is 1. The average molecular weight is 315 g/mol. The number of hydrogen-bond donors (Lipinski definition) is 3. The first-order valence-electron chi connectivity index (χ1n) is 7.38. The molecule has 0 radical (unpaired) electrons. The van der Waals surface area contributed by atoms with Gasteiger partial charge < -0.3 is 16.0 Å². The zero-order chi connectivity index (χ0) is 16.0. The molecule has 122 valence electrons. The van der Waals surface area contributed by atoms with E-state index in [1.165, 1.54) is 12.1 Å². The third-order valence-electron chi connectivity index (χ3n) is 3.68. The summed E-state index contributed by atoms with van der Waals surface area (Å²) in [6.45, 7) is 2.51. The monoisotopic (exact) mass is 315 g/mol. The Hall–Kier alpha value is -1.76. The number of amides is 2. The summed E-state index contributed by atoms with van der Waals surface area (Å²) in [4.78, 5) is 11.7. The van der Waals surface area contributed by atoms with Crippen molar-refractivity contribution >= 4 is 11.7 Å². The highest BCUT2D eigenvalue weighted by Crippen LogP contribution is 2.30. The van der Waals surface area contributed by atoms with Gasteiger partial charge in [-0.1, -0.05) is 6.07 Å². The lowest BCUT2D eigenvalue weighted by molar-refractivity contribution is -0.137. The number of hydrogen-bond acceptors (Lipinski definition) is 2. The van der Waals surface area contributed by atoms with Crippen molar-refractivity contribution in [2.24, 2.45) is 5.92 Å². The second-order valence-electron chi connectivity index (χ2n) is 5.46. The third kappa shape index (κ3) is 5.22. The van der Waals surface area contributed by atoms with Crippen LogP contribution < -0.4 is 16.0 Å². The van der Waals surface area contributed by atoms with Crippen molar-refractivity contribution in [1.29, 1.82) is 0 Å². The molecule has 0 spiro atoms. The molecule has 7 heteroatoms. The second kappa shape index (κ2) is 7.49. The van der Waals surface area contributed by atoms with Gasteiger partial charge in [-0.15, -0.1) is 0 Å². The average Bonchev–Trinajstić information content (AvgIpc) is 2.48. The molecule has 1 aromatic rings. The van der Waals surface area contributed by atoms with E-state index in [-0.39, 0.29) is 5.69 Å². The zero-order valence-electron chi connectivity index (χ0n) is 12.2. The van der Waals surface area contributed by atoms with Crippen molar-refractivity contribution in [3.05, 3.63) is 29.8 Å². The summed E-state index contributed by atoms with van der Waals surface area (Å²) >= 11 is 0. The number of carbonyl (C=O) groups excluding carboxylic acids is 1. The van der Waals surface area contributed by atoms with E-state index in [0.717, 1.165) is 44.5 Å². The van der Waals surface area contributed by atoms with Crippen LogP contribution in [0, 0.1) is 5.92 Å². The van der Waals surface area contributed by atoms with E-state index in [9.17, 15) is 18.0 Å². The van der Waals surface area contributed by atoms with Crippen LogP contribution in [-0.4, -0.2) is 25.7 Å². The lowest BCUT2D eigenvalue weighted by atomic mass is 9.96. The molecule has 4 nitrogen and oxygen atoms in total. The Balaban J connectivity index is 1.77. The number of halogens is 3. The fraction of sp³-hybridized carbons (Fsp3) is 0.533. The Bertz CT molecular complexity index is 499. The Labute approximate surface area is 127 Å². The summed E-state index contributed by atoms with van der Waals surface area (Å²) in [6, 6.07) is 4.11. The number of anilines is 1. The molecule has 1 aromatic carbocycles. The van der Waals surface area contributed by atoms with Gasteiger partial charge in [0, 0.05) is 12.2 Å². The number of urea groups is 1. The van der Waals surface area contributed by atoms with Crippen LogP contribution >= 0.6 is 0 Å². The van der Waals surface area contributed by atoms with Gasteiger partial charge in [0.15, 0.2) is 0 Å². The summed E-state index contributed by atoms with van der Waals surface area (Å²) in [7, 11) is 0. The minimum Gasteiger partial charge on any atom is -0.338 e. The molecule has 1 saturated heterocycles. The van der Waals surface area contributed by atoms with Crippen LogP contribution in [0.15, 0.2) is 24.3 Å². The van der Waals surface area contributed by atoms with Crippen molar-refractivity contribution in [3.63, 3.8) is 0 Å². The van der Waals surface area contributed by atoms with Crippen LogP contribution in [0.5, 0.6) is 0 Å². The first-order valence-corrected chi connectivity index (χ1v) is 7.38. The van der Waals surface area contributed by atoms with E-state index in [4.69, 9.17) is 0 Å². The molecule has 22 heavy (non-hydrogen) atoms. The van der Waals surface area contributed by atoms with Gasteiger partial charge in [-0.2, -0.15) is 13.2 Å². The molecule has 3 N–H and O–H groups in total. The topological polar surface area (TPSA) is 53.2 Å². The second-order valence-corrected chi connectivity index (χ2v) is 5.46. The molecular weight excluding hydrogens is 295 g/mol. The van der Waals surface area contributed by atoms with E-state index < -0.39 is 17.8 Å². The van der Waals surface area contributed by atoms with Gasteiger partial charge in [0.05, 0.1) is 5.56 Å². The SMILES string of the molecule is O=C(NCCC1CCCNC1)Nc1cccc(C(F)(F)F)c1. The molecular formula is C15H20F3N3O. The molecule has 1 unspecified atom stereocenters. The quantitative estimate of drug-likeness (QED) is 0.799. The molecule has 2 rings (SSSR count). The summed E-state index contributed by atoms with van der Waals surface area (Å²) in [6.07, 6.45) is -1.27. The Morgan fingerprint density at radius 1 is 1.36 bits per heavy atom. The molecule has 1 aliphatic heterocycles. The maximum absolute atomic E-state index is 12.6. The molecule has 0 bridgehead atoms. The largest absolute Gasteiger partial charge is 0.416 e. The van der Waals surface area contributed by atoms with Crippen LogP contribution in [-0.2, 0) is 6.18 Å². The van der Waals surface area contributed by atoms with Gasteiger partial charge in [0.1, 0.15) is 0 Å². The Morgan fingerprint density at radius 2 is 2.18 bits per heavy atom. The summed E-state index contributed by atoms with van der Waals surface area (Å²) in [5.41, 5.74) is -0.648. The molecule has 1 fully saturated rings. The molecule has 0 aliphatic carbocycles. The Kier molecular flexibility index (Phi) is 5.65. The maximum atomic E-state index is 12.6. The van der Waals surface area contributed by atoms with Crippen LogP contribution in [0.2, 0.25) is 0 Å². The highest BCUT2D eigenvalue weighted by Gasteiger charge is 2.30. The van der Waals surface area contributed by atoms with Crippen molar-refractivity contribution in [2.45, 2.75) is 25.4 Å². The highest BCUT2D eigenvalue weighted by molar-refractivity contribution is 5.89. The predicted molar refractivity (Wildman–Crippen MR) is 78.7 cm³/mol. The Morgan fingerprint density at radius 3 is 2.86 bits per heavy atom. The van der Waals surface area contributed by atoms with Crippen molar-refractivity contribution in [3.8, 4) is 0 Å². The number of rotatable bonds is 4. The molecule has 2 amide bonds. The first-order chi connectivity index (χ1) is 10.4. The van der Waals surface area contributed by atoms with Gasteiger partial charge in [-0.3, -0.25) is 0 Å². The molecule has 1 heterocycles. The number of nitrogens with one attached hydrogen (secondary N) is 3. The fourth-order valence-electron chi connectivity index (χ4n) is 2.51. The lowest BCUT2D eigenvalue weighted by Crippen LogP contribution is -2.34. The molecule has 1 atom stereocenters. The van der Waals surface area contributed by atoms with Gasteiger partial charge in [0.25, 0.3) is 0 Å². The maximum Gasteiger partial charge on any atom is 0.416 e. The summed E-state index contributed by atoms with van der Waals surface area (Å²) < 4.78 is 37.7. The molecule has 0 saturated carbocycles. The molecule has 0 aromatic heterocycles. The fourth-order valence-corrected chi connectivity index (χ4v) is 2.51. The van der Waals surface area contributed by atoms with Crippen molar-refractivity contribution in [2.75, 3.05) is 25.0 Å². The van der Waals surface area contributed by atoms with E-state index in [1.54, 1.807) is 0 Å². The van der Waals surface area contributed by atoms with Gasteiger partial charge in [0.2, 0.25) is 0 Å². The predicted octanol–water partition coefficient (Wildman–Crippen LogP) is 3.22. The minimum absolute atomic E-state index is 0.131. The standard InChI is InChI=1S/C15H20F3N3O/c16-15(17,18)12-4-1-5-13(9-12)21-14(22)20-8-6-11-3-2-7-19-10-11/h1,4-5,9,11,19H,2-3,6-8,10H2,(H2,20,21,22). The van der Waals surface area contributed by atoms with E-state index >= 15 is 0 Å². The van der Waals surface area contributed by atoms with Gasteiger partial charge >= 0.3 is 12.2 Å². The number of benzene rings is 1. The van der Waals surface area contributed by atoms with Crippen molar-refractivity contribution < 1.29 is 18.0 Å². The van der Waals surface area contributed by atoms with E-state index in [1.807, 2.05) is 0 Å². The van der Waals surface area contributed by atoms with E-state index in [2.05, 4.69) is 16.0 Å². The van der Waals surface area contributed by atoms with Gasteiger partial charge in [-0.25, -0.2) is 4.79 Å². The van der Waals surface area contributed by atoms with Crippen LogP contribution in [0.1, 0.15) is 24.8 Å². The smallest absolute Gasteiger partial charge is 0.338 e. The summed E-state index contributed by atoms with van der Waals surface area (Å²) in [5.74, 6) is 0.544. The minimum atomic E-state index is -4.41. The normalized spacial score (nSPS) is 18.8. The first kappa shape index (κ1) is 16.6.